The Hall–Kier alpha value is -3.09. The molecule has 0 aromatic heterocycles. The summed E-state index contributed by atoms with van der Waals surface area (Å²) in [5.41, 5.74) is 3.48. The van der Waals surface area contributed by atoms with Gasteiger partial charge in [0, 0.05) is 12.7 Å². The number of benzene rings is 3. The van der Waals surface area contributed by atoms with Crippen LogP contribution in [0.2, 0.25) is 0 Å². The third-order valence-corrected chi connectivity index (χ3v) is 9.01. The van der Waals surface area contributed by atoms with E-state index in [-0.39, 0.29) is 23.5 Å². The number of esters is 1. The van der Waals surface area contributed by atoms with Gasteiger partial charge in [0.2, 0.25) is 0 Å². The lowest BCUT2D eigenvalue weighted by molar-refractivity contribution is -0.0188. The Morgan fingerprint density at radius 3 is 2.21 bits per heavy atom. The molecule has 38 heavy (non-hydrogen) atoms. The van der Waals surface area contributed by atoms with Crippen LogP contribution in [-0.4, -0.2) is 45.3 Å². The minimum Gasteiger partial charge on any atom is -0.507 e. The predicted molar refractivity (Wildman–Crippen MR) is 146 cm³/mol. The summed E-state index contributed by atoms with van der Waals surface area (Å²) in [5, 5.41) is 12.7. The largest absolute Gasteiger partial charge is 0.507 e. The lowest BCUT2D eigenvalue weighted by atomic mass is 9.48. The average Bonchev–Trinajstić information content (AvgIpc) is 2.91. The number of rotatable bonds is 9. The minimum atomic E-state index is -0.550. The van der Waals surface area contributed by atoms with E-state index < -0.39 is 5.97 Å². The summed E-state index contributed by atoms with van der Waals surface area (Å²) in [7, 11) is 2.98. The zero-order valence-electron chi connectivity index (χ0n) is 22.2. The Morgan fingerprint density at radius 1 is 0.868 bits per heavy atom. The molecule has 6 heteroatoms. The van der Waals surface area contributed by atoms with Crippen molar-refractivity contribution in [1.29, 1.82) is 0 Å². The third-order valence-electron chi connectivity index (χ3n) is 9.01. The second-order valence-corrected chi connectivity index (χ2v) is 11.5. The van der Waals surface area contributed by atoms with Crippen LogP contribution >= 0.6 is 0 Å². The average molecular weight is 517 g/mol. The van der Waals surface area contributed by atoms with Gasteiger partial charge in [0.15, 0.2) is 6.79 Å². The van der Waals surface area contributed by atoms with Crippen LogP contribution in [0.4, 0.5) is 0 Å². The monoisotopic (exact) mass is 516 g/mol. The number of ether oxygens (including phenoxy) is 4. The van der Waals surface area contributed by atoms with Crippen LogP contribution < -0.4 is 4.74 Å². The Labute approximate surface area is 223 Å². The molecule has 0 unspecified atom stereocenters. The van der Waals surface area contributed by atoms with E-state index >= 15 is 0 Å². The van der Waals surface area contributed by atoms with E-state index in [4.69, 9.17) is 18.9 Å². The number of phenols is 1. The normalized spacial score (nSPS) is 25.6. The van der Waals surface area contributed by atoms with Gasteiger partial charge in [0.25, 0.3) is 0 Å². The van der Waals surface area contributed by atoms with E-state index in [2.05, 4.69) is 24.3 Å². The number of phenolic OH excluding ortho intramolecular Hbond substituents is 1. The molecular formula is C32H36O6. The number of hydrogen-bond acceptors (Lipinski definition) is 6. The minimum absolute atomic E-state index is 0.0825. The molecule has 1 N–H and O–H groups in total. The molecule has 0 atom stereocenters. The van der Waals surface area contributed by atoms with E-state index in [1.807, 2.05) is 12.1 Å². The Bertz CT molecular complexity index is 1310. The van der Waals surface area contributed by atoms with E-state index in [9.17, 15) is 9.90 Å². The third kappa shape index (κ3) is 4.65. The number of fused-ring (bicyclic) bond motifs is 1. The van der Waals surface area contributed by atoms with Gasteiger partial charge in [0.1, 0.15) is 17.1 Å². The molecule has 0 aliphatic heterocycles. The molecule has 0 heterocycles. The maximum Gasteiger partial charge on any atom is 0.341 e. The van der Waals surface area contributed by atoms with Gasteiger partial charge in [0.05, 0.1) is 20.3 Å². The summed E-state index contributed by atoms with van der Waals surface area (Å²) in [5.74, 6) is 2.78. The van der Waals surface area contributed by atoms with Gasteiger partial charge in [-0.25, -0.2) is 4.79 Å². The molecule has 6 nitrogen and oxygen atoms in total. The van der Waals surface area contributed by atoms with Crippen LogP contribution in [0.15, 0.2) is 48.5 Å². The summed E-state index contributed by atoms with van der Waals surface area (Å²) in [6, 6.07) is 15.9. The highest BCUT2D eigenvalue weighted by Crippen LogP contribution is 2.62. The van der Waals surface area contributed by atoms with E-state index in [0.29, 0.717) is 13.2 Å². The smallest absolute Gasteiger partial charge is 0.341 e. The number of hydrogen-bond donors (Lipinski definition) is 1. The molecule has 0 saturated heterocycles. The first-order valence-electron chi connectivity index (χ1n) is 13.7. The van der Waals surface area contributed by atoms with Gasteiger partial charge in [-0.15, -0.1) is 0 Å². The van der Waals surface area contributed by atoms with Gasteiger partial charge in [-0.2, -0.15) is 0 Å². The van der Waals surface area contributed by atoms with E-state index in [1.54, 1.807) is 19.2 Å². The molecule has 4 aliphatic carbocycles. The summed E-state index contributed by atoms with van der Waals surface area (Å²) in [6.45, 7) is 1.25. The van der Waals surface area contributed by atoms with Gasteiger partial charge < -0.3 is 24.1 Å². The van der Waals surface area contributed by atoms with Crippen LogP contribution in [0.3, 0.4) is 0 Å². The van der Waals surface area contributed by atoms with E-state index in [0.717, 1.165) is 45.4 Å². The predicted octanol–water partition coefficient (Wildman–Crippen LogP) is 6.47. The fourth-order valence-electron chi connectivity index (χ4n) is 7.73. The Balaban J connectivity index is 1.38. The first-order chi connectivity index (χ1) is 18.5. The fourth-order valence-corrected chi connectivity index (χ4v) is 7.73. The number of carbonyl (C=O) groups is 1. The molecule has 3 aromatic rings. The van der Waals surface area contributed by atoms with Crippen molar-refractivity contribution in [2.24, 2.45) is 17.8 Å². The molecule has 4 aliphatic rings. The van der Waals surface area contributed by atoms with Crippen molar-refractivity contribution in [3.05, 3.63) is 59.7 Å². The van der Waals surface area contributed by atoms with Crippen molar-refractivity contribution >= 4 is 16.7 Å². The van der Waals surface area contributed by atoms with Gasteiger partial charge in [-0.3, -0.25) is 0 Å². The topological polar surface area (TPSA) is 74.2 Å². The van der Waals surface area contributed by atoms with Crippen molar-refractivity contribution < 1.29 is 28.8 Å². The first-order valence-corrected chi connectivity index (χ1v) is 13.7. The summed E-state index contributed by atoms with van der Waals surface area (Å²) >= 11 is 0. The van der Waals surface area contributed by atoms with Crippen molar-refractivity contribution in [3.8, 4) is 22.6 Å². The van der Waals surface area contributed by atoms with Crippen LogP contribution in [-0.2, 0) is 19.6 Å². The van der Waals surface area contributed by atoms with E-state index in [1.165, 1.54) is 51.2 Å². The second-order valence-electron chi connectivity index (χ2n) is 11.5. The summed E-state index contributed by atoms with van der Waals surface area (Å²) in [6.07, 6.45) is 7.89. The maximum absolute atomic E-state index is 11.9. The summed E-state index contributed by atoms with van der Waals surface area (Å²) in [4.78, 5) is 11.9. The number of aromatic hydroxyl groups is 1. The van der Waals surface area contributed by atoms with Gasteiger partial charge >= 0.3 is 5.97 Å². The highest BCUT2D eigenvalue weighted by molar-refractivity contribution is 5.94. The number of carbonyl (C=O) groups excluding carboxylic acids is 1. The van der Waals surface area contributed by atoms with Crippen LogP contribution in [0.5, 0.6) is 11.5 Å². The zero-order valence-corrected chi connectivity index (χ0v) is 22.2. The molecule has 0 spiro atoms. The quantitative estimate of drug-likeness (QED) is 0.200. The van der Waals surface area contributed by atoms with Gasteiger partial charge in [-0.05, 0) is 114 Å². The van der Waals surface area contributed by atoms with Crippen LogP contribution in [0, 0.1) is 17.8 Å². The molecule has 4 fully saturated rings. The highest BCUT2D eigenvalue weighted by atomic mass is 16.7. The second kappa shape index (κ2) is 10.2. The van der Waals surface area contributed by atoms with Crippen LogP contribution in [0.25, 0.3) is 21.9 Å². The number of methoxy groups -OCH3 is 2. The zero-order chi connectivity index (χ0) is 26.3. The van der Waals surface area contributed by atoms with Crippen molar-refractivity contribution in [3.63, 3.8) is 0 Å². The van der Waals surface area contributed by atoms with Gasteiger partial charge in [-0.1, -0.05) is 18.2 Å². The van der Waals surface area contributed by atoms with Crippen molar-refractivity contribution in [2.45, 2.75) is 43.9 Å². The molecule has 7 rings (SSSR count). The Morgan fingerprint density at radius 2 is 1.55 bits per heavy atom. The Kier molecular flexibility index (Phi) is 6.79. The lowest BCUT2D eigenvalue weighted by Gasteiger charge is -2.57. The summed E-state index contributed by atoms with van der Waals surface area (Å²) < 4.78 is 21.9. The highest BCUT2D eigenvalue weighted by Gasteiger charge is 2.52. The standard InChI is InChI=1S/C32H36O6/c1-35-7-8-37-19-38-30-15-25-4-3-23(24-5-6-27(29(33)14-24)31(34)36-2)12-26(25)13-28(30)32-16-20-9-21(17-32)11-22(10-20)18-32/h3-6,12-15,20-22,33H,7-11,16-19H2,1-2H3. The molecular weight excluding hydrogens is 480 g/mol. The molecule has 200 valence electrons. The SMILES string of the molecule is COCCOCOc1cc2ccc(-c3ccc(C(=O)OC)c(O)c3)cc2cc1C12CC3CC(CC(C3)C1)C2. The van der Waals surface area contributed by atoms with Crippen LogP contribution in [0.1, 0.15) is 54.4 Å². The molecule has 3 aromatic carbocycles. The molecule has 0 radical (unpaired) electrons. The first kappa shape index (κ1) is 25.2. The fraction of sp³-hybridized carbons (Fsp3) is 0.469. The van der Waals surface area contributed by atoms with Crippen molar-refractivity contribution in [1.82, 2.24) is 0 Å². The lowest BCUT2D eigenvalue weighted by Crippen LogP contribution is -2.48. The molecule has 4 saturated carbocycles. The molecule has 0 amide bonds. The molecule has 4 bridgehead atoms. The van der Waals surface area contributed by atoms with Crippen molar-refractivity contribution in [2.75, 3.05) is 34.2 Å². The maximum atomic E-state index is 11.9.